The molecule has 1 N–H and O–H groups in total. The van der Waals surface area contributed by atoms with E-state index in [9.17, 15) is 14.7 Å². The van der Waals surface area contributed by atoms with E-state index in [1.807, 2.05) is 55.9 Å². The lowest BCUT2D eigenvalue weighted by molar-refractivity contribution is -0.129. The Morgan fingerprint density at radius 1 is 1.28 bits per heavy atom. The van der Waals surface area contributed by atoms with Gasteiger partial charge in [0.15, 0.2) is 5.76 Å². The van der Waals surface area contributed by atoms with Crippen LogP contribution in [0.5, 0.6) is 0 Å². The van der Waals surface area contributed by atoms with Gasteiger partial charge in [-0.1, -0.05) is 25.1 Å². The maximum atomic E-state index is 13.5. The first-order valence-corrected chi connectivity index (χ1v) is 10.4. The highest BCUT2D eigenvalue weighted by atomic mass is 32.1. The molecule has 3 aromatic rings. The van der Waals surface area contributed by atoms with Gasteiger partial charge < -0.3 is 14.6 Å². The summed E-state index contributed by atoms with van der Waals surface area (Å²) >= 11 is 1.29. The van der Waals surface area contributed by atoms with Crippen molar-refractivity contribution in [1.29, 1.82) is 0 Å². The number of hydrogen-bond donors (Lipinski definition) is 1. The Morgan fingerprint density at radius 3 is 2.66 bits per heavy atom. The first-order valence-electron chi connectivity index (χ1n) is 9.61. The summed E-state index contributed by atoms with van der Waals surface area (Å²) < 4.78 is 1.98. The topological polar surface area (TPSA) is 75.4 Å². The third-order valence-electron chi connectivity index (χ3n) is 5.34. The first-order chi connectivity index (χ1) is 13.8. The van der Waals surface area contributed by atoms with Crippen molar-refractivity contribution in [3.63, 3.8) is 0 Å². The predicted molar refractivity (Wildman–Crippen MR) is 113 cm³/mol. The summed E-state index contributed by atoms with van der Waals surface area (Å²) in [6, 6.07) is 7.26. The van der Waals surface area contributed by atoms with E-state index in [-0.39, 0.29) is 11.4 Å². The third-order valence-corrected chi connectivity index (χ3v) is 6.42. The van der Waals surface area contributed by atoms with Crippen LogP contribution in [-0.4, -0.2) is 37.8 Å². The summed E-state index contributed by atoms with van der Waals surface area (Å²) in [6.45, 7) is 6.05. The van der Waals surface area contributed by atoms with Crippen LogP contribution in [0.15, 0.2) is 41.8 Å². The molecule has 1 aliphatic rings. The highest BCUT2D eigenvalue weighted by molar-refractivity contribution is 7.14. The number of aliphatic hydroxyl groups is 1. The summed E-state index contributed by atoms with van der Waals surface area (Å²) in [7, 11) is 1.94. The SMILES string of the molecule is CCCN1C(=O)C(O)=C(C(=O)c2sc(C)nc2C)C1c1cn(C)c2ccccc12. The number of nitrogens with zero attached hydrogens (tertiary/aromatic N) is 3. The van der Waals surface area contributed by atoms with Gasteiger partial charge in [0.25, 0.3) is 5.91 Å². The quantitative estimate of drug-likeness (QED) is 0.640. The molecule has 0 aliphatic carbocycles. The molecule has 7 heteroatoms. The molecule has 0 bridgehead atoms. The molecule has 0 fully saturated rings. The molecular formula is C22H23N3O3S. The monoisotopic (exact) mass is 409 g/mol. The zero-order valence-electron chi connectivity index (χ0n) is 16.9. The summed E-state index contributed by atoms with van der Waals surface area (Å²) in [5.41, 5.74) is 2.62. The minimum Gasteiger partial charge on any atom is -0.503 e. The minimum atomic E-state index is -0.622. The van der Waals surface area contributed by atoms with Crippen LogP contribution in [0, 0.1) is 13.8 Å². The van der Waals surface area contributed by atoms with Crippen LogP contribution in [0.3, 0.4) is 0 Å². The lowest BCUT2D eigenvalue weighted by Crippen LogP contribution is -2.31. The van der Waals surface area contributed by atoms with Crippen molar-refractivity contribution in [3.05, 3.63) is 62.9 Å². The van der Waals surface area contributed by atoms with Gasteiger partial charge in [0.05, 0.1) is 27.2 Å². The van der Waals surface area contributed by atoms with Gasteiger partial charge in [-0.05, 0) is 26.3 Å². The highest BCUT2D eigenvalue weighted by Gasteiger charge is 2.45. The molecule has 29 heavy (non-hydrogen) atoms. The number of thiazole rings is 1. The zero-order valence-corrected chi connectivity index (χ0v) is 17.7. The lowest BCUT2D eigenvalue weighted by atomic mass is 9.94. The molecule has 1 atom stereocenters. The van der Waals surface area contributed by atoms with Crippen LogP contribution in [0.1, 0.15) is 45.3 Å². The third kappa shape index (κ3) is 2.97. The number of rotatable bonds is 5. The van der Waals surface area contributed by atoms with Crippen LogP contribution in [-0.2, 0) is 11.8 Å². The second kappa shape index (κ2) is 7.15. The van der Waals surface area contributed by atoms with Crippen molar-refractivity contribution in [3.8, 4) is 0 Å². The summed E-state index contributed by atoms with van der Waals surface area (Å²) in [5.74, 6) is -1.27. The van der Waals surface area contributed by atoms with E-state index in [2.05, 4.69) is 4.98 Å². The van der Waals surface area contributed by atoms with Gasteiger partial charge in [-0.3, -0.25) is 9.59 Å². The van der Waals surface area contributed by atoms with Gasteiger partial charge in [0.1, 0.15) is 0 Å². The number of benzene rings is 1. The van der Waals surface area contributed by atoms with E-state index in [0.717, 1.165) is 27.9 Å². The Labute approximate surface area is 173 Å². The Balaban J connectivity index is 1.93. The van der Waals surface area contributed by atoms with Gasteiger partial charge in [-0.2, -0.15) is 0 Å². The zero-order chi connectivity index (χ0) is 20.9. The molecule has 1 aliphatic heterocycles. The fourth-order valence-electron chi connectivity index (χ4n) is 4.14. The number of ketones is 1. The van der Waals surface area contributed by atoms with Crippen molar-refractivity contribution in [1.82, 2.24) is 14.5 Å². The van der Waals surface area contributed by atoms with Crippen LogP contribution >= 0.6 is 11.3 Å². The molecule has 4 rings (SSSR count). The number of amides is 1. The lowest BCUT2D eigenvalue weighted by Gasteiger charge is -2.25. The molecule has 1 aromatic carbocycles. The van der Waals surface area contributed by atoms with Crippen LogP contribution in [0.2, 0.25) is 0 Å². The molecular weight excluding hydrogens is 386 g/mol. The number of carbonyl (C=O) groups is 2. The number of carbonyl (C=O) groups excluding carboxylic acids is 2. The molecule has 150 valence electrons. The van der Waals surface area contributed by atoms with E-state index < -0.39 is 17.7 Å². The van der Waals surface area contributed by atoms with E-state index in [4.69, 9.17) is 0 Å². The molecule has 1 amide bonds. The van der Waals surface area contributed by atoms with Crippen molar-refractivity contribution in [2.75, 3.05) is 6.54 Å². The molecule has 2 aromatic heterocycles. The maximum absolute atomic E-state index is 13.5. The molecule has 3 heterocycles. The van der Waals surface area contributed by atoms with Crippen molar-refractivity contribution in [2.24, 2.45) is 7.05 Å². The first kappa shape index (κ1) is 19.4. The van der Waals surface area contributed by atoms with E-state index in [1.54, 1.807) is 11.8 Å². The Bertz CT molecular complexity index is 1170. The van der Waals surface area contributed by atoms with Crippen molar-refractivity contribution < 1.29 is 14.7 Å². The maximum Gasteiger partial charge on any atom is 0.290 e. The van der Waals surface area contributed by atoms with Gasteiger partial charge >= 0.3 is 0 Å². The second-order valence-electron chi connectivity index (χ2n) is 7.35. The highest BCUT2D eigenvalue weighted by Crippen LogP contribution is 2.42. The predicted octanol–water partition coefficient (Wildman–Crippen LogP) is 4.24. The fraction of sp³-hybridized carbons (Fsp3) is 0.318. The van der Waals surface area contributed by atoms with Crippen molar-refractivity contribution >= 4 is 33.9 Å². The van der Waals surface area contributed by atoms with Gasteiger partial charge in [-0.25, -0.2) is 4.98 Å². The normalized spacial score (nSPS) is 17.0. The molecule has 0 saturated carbocycles. The molecule has 6 nitrogen and oxygen atoms in total. The number of hydrogen-bond acceptors (Lipinski definition) is 5. The largest absolute Gasteiger partial charge is 0.503 e. The van der Waals surface area contributed by atoms with Gasteiger partial charge in [0, 0.05) is 36.3 Å². The van der Waals surface area contributed by atoms with E-state index >= 15 is 0 Å². The van der Waals surface area contributed by atoms with Crippen LogP contribution < -0.4 is 0 Å². The Hall–Kier alpha value is -2.93. The van der Waals surface area contributed by atoms with Gasteiger partial charge in [-0.15, -0.1) is 11.3 Å². The summed E-state index contributed by atoms with van der Waals surface area (Å²) in [6.07, 6.45) is 2.67. The van der Waals surface area contributed by atoms with E-state index in [0.29, 0.717) is 17.1 Å². The Morgan fingerprint density at radius 2 is 2.00 bits per heavy atom. The molecule has 0 saturated heterocycles. The average Bonchev–Trinajstić information content (AvgIpc) is 3.29. The summed E-state index contributed by atoms with van der Waals surface area (Å²) in [5, 5.41) is 12.5. The Kier molecular flexibility index (Phi) is 4.78. The number of aryl methyl sites for hydroxylation is 3. The molecule has 1 unspecified atom stereocenters. The standard InChI is InChI=1S/C22H23N3O3S/c1-5-10-25-18(15-11-24(4)16-9-7-6-8-14(15)16)17(20(27)22(25)28)19(26)21-12(2)23-13(3)29-21/h6-9,11,18,27H,5,10H2,1-4H3. The van der Waals surface area contributed by atoms with Crippen LogP contribution in [0.4, 0.5) is 0 Å². The summed E-state index contributed by atoms with van der Waals surface area (Å²) in [4.78, 5) is 32.8. The minimum absolute atomic E-state index is 0.145. The molecule has 0 spiro atoms. The number of fused-ring (bicyclic) bond motifs is 1. The number of para-hydroxylation sites is 1. The number of Topliss-reactive ketones (excluding diaryl/α,β-unsaturated/α-hetero) is 1. The average molecular weight is 410 g/mol. The second-order valence-corrected chi connectivity index (χ2v) is 8.56. The smallest absolute Gasteiger partial charge is 0.290 e. The van der Waals surface area contributed by atoms with E-state index in [1.165, 1.54) is 11.3 Å². The fourth-order valence-corrected chi connectivity index (χ4v) is 5.01. The van der Waals surface area contributed by atoms with Gasteiger partial charge in [0.2, 0.25) is 5.78 Å². The van der Waals surface area contributed by atoms with Crippen molar-refractivity contribution in [2.45, 2.75) is 33.2 Å². The number of aromatic nitrogens is 2. The van der Waals surface area contributed by atoms with Crippen LogP contribution in [0.25, 0.3) is 10.9 Å². The molecule has 0 radical (unpaired) electrons. The number of aliphatic hydroxyl groups excluding tert-OH is 1.